The standard InChI is InChI=1S/C15H30N4O/c1-3-4-5-6-7-8-9-10-11-12-14(20)13-15-16-18-19(2)17-15/h14,20H,3-13H2,1-2H3. The van der Waals surface area contributed by atoms with Crippen LogP contribution in [0.5, 0.6) is 0 Å². The van der Waals surface area contributed by atoms with E-state index < -0.39 is 0 Å². The first-order valence-corrected chi connectivity index (χ1v) is 8.13. The molecule has 0 bridgehead atoms. The first kappa shape index (κ1) is 17.1. The van der Waals surface area contributed by atoms with Gasteiger partial charge in [-0.1, -0.05) is 64.7 Å². The molecule has 0 radical (unpaired) electrons. The molecule has 1 aromatic rings. The Kier molecular flexibility index (Phi) is 9.20. The van der Waals surface area contributed by atoms with E-state index >= 15 is 0 Å². The van der Waals surface area contributed by atoms with E-state index in [1.54, 1.807) is 7.05 Å². The minimum atomic E-state index is -0.330. The fourth-order valence-electron chi connectivity index (χ4n) is 2.41. The van der Waals surface area contributed by atoms with Gasteiger partial charge in [-0.05, 0) is 11.6 Å². The number of aliphatic hydroxyl groups is 1. The van der Waals surface area contributed by atoms with Gasteiger partial charge >= 0.3 is 0 Å². The zero-order valence-corrected chi connectivity index (χ0v) is 13.1. The maximum Gasteiger partial charge on any atom is 0.177 e. The van der Waals surface area contributed by atoms with Gasteiger partial charge in [-0.15, -0.1) is 10.2 Å². The largest absolute Gasteiger partial charge is 0.393 e. The molecule has 0 saturated heterocycles. The number of unbranched alkanes of at least 4 members (excludes halogenated alkanes) is 8. The van der Waals surface area contributed by atoms with Gasteiger partial charge in [-0.25, -0.2) is 0 Å². The van der Waals surface area contributed by atoms with E-state index in [4.69, 9.17) is 0 Å². The molecular weight excluding hydrogens is 252 g/mol. The Morgan fingerprint density at radius 1 is 1.00 bits per heavy atom. The van der Waals surface area contributed by atoms with Crippen molar-refractivity contribution in [2.45, 2.75) is 83.7 Å². The molecule has 0 fully saturated rings. The van der Waals surface area contributed by atoms with Crippen LogP contribution in [0.3, 0.4) is 0 Å². The van der Waals surface area contributed by atoms with Gasteiger partial charge in [0, 0.05) is 6.42 Å². The van der Waals surface area contributed by atoms with Crippen LogP contribution >= 0.6 is 0 Å². The maximum atomic E-state index is 9.89. The highest BCUT2D eigenvalue weighted by Crippen LogP contribution is 2.12. The summed E-state index contributed by atoms with van der Waals surface area (Å²) >= 11 is 0. The predicted molar refractivity (Wildman–Crippen MR) is 80.4 cm³/mol. The maximum absolute atomic E-state index is 9.89. The molecule has 0 aliphatic rings. The second-order valence-corrected chi connectivity index (χ2v) is 5.67. The topological polar surface area (TPSA) is 63.8 Å². The van der Waals surface area contributed by atoms with Gasteiger partial charge < -0.3 is 5.11 Å². The Bertz CT molecular complexity index is 340. The van der Waals surface area contributed by atoms with Gasteiger partial charge in [0.1, 0.15) is 0 Å². The Balaban J connectivity index is 1.90. The van der Waals surface area contributed by atoms with Gasteiger partial charge in [-0.2, -0.15) is 4.80 Å². The molecule has 1 rings (SSSR count). The van der Waals surface area contributed by atoms with Gasteiger partial charge in [0.05, 0.1) is 13.2 Å². The molecule has 1 unspecified atom stereocenters. The average Bonchev–Trinajstić information content (AvgIpc) is 2.82. The van der Waals surface area contributed by atoms with E-state index in [0.29, 0.717) is 12.2 Å². The Labute approximate surface area is 122 Å². The van der Waals surface area contributed by atoms with Gasteiger partial charge in [0.15, 0.2) is 5.82 Å². The monoisotopic (exact) mass is 282 g/mol. The van der Waals surface area contributed by atoms with Crippen molar-refractivity contribution in [1.82, 2.24) is 20.2 Å². The molecule has 0 amide bonds. The molecule has 0 saturated carbocycles. The summed E-state index contributed by atoms with van der Waals surface area (Å²) in [7, 11) is 1.74. The second-order valence-electron chi connectivity index (χ2n) is 5.67. The van der Waals surface area contributed by atoms with Crippen molar-refractivity contribution < 1.29 is 5.11 Å². The molecule has 1 N–H and O–H groups in total. The number of rotatable bonds is 12. The molecule has 0 aliphatic carbocycles. The van der Waals surface area contributed by atoms with Crippen molar-refractivity contribution in [3.05, 3.63) is 5.82 Å². The van der Waals surface area contributed by atoms with Crippen molar-refractivity contribution in [3.8, 4) is 0 Å². The SMILES string of the molecule is CCCCCCCCCCCC(O)Cc1nnn(C)n1. The number of aromatic nitrogens is 4. The van der Waals surface area contributed by atoms with E-state index in [9.17, 15) is 5.11 Å². The van der Waals surface area contributed by atoms with E-state index in [1.807, 2.05) is 0 Å². The number of aliphatic hydroxyl groups excluding tert-OH is 1. The predicted octanol–water partition coefficient (Wildman–Crippen LogP) is 3.03. The summed E-state index contributed by atoms with van der Waals surface area (Å²) in [6.07, 6.45) is 12.8. The Morgan fingerprint density at radius 3 is 2.15 bits per heavy atom. The van der Waals surface area contributed by atoms with Gasteiger partial charge in [0.2, 0.25) is 0 Å². The molecule has 0 aliphatic heterocycles. The summed E-state index contributed by atoms with van der Waals surface area (Å²) in [5, 5.41) is 21.6. The van der Waals surface area contributed by atoms with Gasteiger partial charge in [-0.3, -0.25) is 0 Å². The second kappa shape index (κ2) is 10.8. The lowest BCUT2D eigenvalue weighted by molar-refractivity contribution is 0.158. The lowest BCUT2D eigenvalue weighted by Gasteiger charge is -2.07. The van der Waals surface area contributed by atoms with Gasteiger partial charge in [0.25, 0.3) is 0 Å². The summed E-state index contributed by atoms with van der Waals surface area (Å²) < 4.78 is 0. The fraction of sp³-hybridized carbons (Fsp3) is 0.933. The van der Waals surface area contributed by atoms with Crippen LogP contribution in [-0.2, 0) is 13.5 Å². The molecule has 1 heterocycles. The molecular formula is C15H30N4O. The number of hydrogen-bond donors (Lipinski definition) is 1. The molecule has 5 nitrogen and oxygen atoms in total. The lowest BCUT2D eigenvalue weighted by atomic mass is 10.0. The molecule has 116 valence electrons. The summed E-state index contributed by atoms with van der Waals surface area (Å²) in [5.74, 6) is 0.635. The summed E-state index contributed by atoms with van der Waals surface area (Å²) in [5.41, 5.74) is 0. The van der Waals surface area contributed by atoms with Crippen LogP contribution in [0.2, 0.25) is 0 Å². The van der Waals surface area contributed by atoms with E-state index in [-0.39, 0.29) is 6.10 Å². The highest BCUT2D eigenvalue weighted by Gasteiger charge is 2.09. The quantitative estimate of drug-likeness (QED) is 0.598. The summed E-state index contributed by atoms with van der Waals surface area (Å²) in [4.78, 5) is 1.43. The normalized spacial score (nSPS) is 12.8. The third kappa shape index (κ3) is 8.25. The number of hydrogen-bond acceptors (Lipinski definition) is 4. The molecule has 0 spiro atoms. The van der Waals surface area contributed by atoms with Crippen LogP contribution in [0.15, 0.2) is 0 Å². The van der Waals surface area contributed by atoms with Crippen LogP contribution in [0.4, 0.5) is 0 Å². The van der Waals surface area contributed by atoms with E-state index in [1.165, 1.54) is 56.2 Å². The van der Waals surface area contributed by atoms with Crippen molar-refractivity contribution in [2.24, 2.45) is 7.05 Å². The van der Waals surface area contributed by atoms with Crippen molar-refractivity contribution in [1.29, 1.82) is 0 Å². The average molecular weight is 282 g/mol. The van der Waals surface area contributed by atoms with Crippen molar-refractivity contribution in [2.75, 3.05) is 0 Å². The highest BCUT2D eigenvalue weighted by molar-refractivity contribution is 4.80. The Hall–Kier alpha value is -0.970. The third-order valence-corrected chi connectivity index (χ3v) is 3.61. The molecule has 20 heavy (non-hydrogen) atoms. The first-order valence-electron chi connectivity index (χ1n) is 8.13. The van der Waals surface area contributed by atoms with Crippen molar-refractivity contribution >= 4 is 0 Å². The van der Waals surface area contributed by atoms with Crippen LogP contribution in [0, 0.1) is 0 Å². The highest BCUT2D eigenvalue weighted by atomic mass is 16.3. The van der Waals surface area contributed by atoms with Crippen LogP contribution in [0.25, 0.3) is 0 Å². The Morgan fingerprint density at radius 2 is 1.60 bits per heavy atom. The number of aryl methyl sites for hydroxylation is 1. The molecule has 5 heteroatoms. The first-order chi connectivity index (χ1) is 9.72. The lowest BCUT2D eigenvalue weighted by Crippen LogP contribution is -2.11. The zero-order chi connectivity index (χ0) is 14.6. The minimum absolute atomic E-state index is 0.330. The number of tetrazole rings is 1. The molecule has 1 atom stereocenters. The summed E-state index contributed by atoms with van der Waals surface area (Å²) in [6, 6.07) is 0. The zero-order valence-electron chi connectivity index (χ0n) is 13.1. The third-order valence-electron chi connectivity index (χ3n) is 3.61. The van der Waals surface area contributed by atoms with E-state index in [2.05, 4.69) is 22.3 Å². The minimum Gasteiger partial charge on any atom is -0.393 e. The molecule has 1 aromatic heterocycles. The van der Waals surface area contributed by atoms with E-state index in [0.717, 1.165) is 12.8 Å². The van der Waals surface area contributed by atoms with Crippen LogP contribution < -0.4 is 0 Å². The smallest absolute Gasteiger partial charge is 0.177 e. The van der Waals surface area contributed by atoms with Crippen molar-refractivity contribution in [3.63, 3.8) is 0 Å². The summed E-state index contributed by atoms with van der Waals surface area (Å²) in [6.45, 7) is 2.25. The molecule has 0 aromatic carbocycles. The van der Waals surface area contributed by atoms with Crippen LogP contribution in [0.1, 0.15) is 77.0 Å². The number of nitrogens with zero attached hydrogens (tertiary/aromatic N) is 4. The fourth-order valence-corrected chi connectivity index (χ4v) is 2.41. The van der Waals surface area contributed by atoms with Crippen LogP contribution in [-0.4, -0.2) is 31.4 Å².